The minimum absolute atomic E-state index is 0.0305. The number of carbonyl (C=O) groups is 2. The Morgan fingerprint density at radius 1 is 1.43 bits per heavy atom. The van der Waals surface area contributed by atoms with Crippen LogP contribution >= 0.6 is 0 Å². The molecule has 6 heteroatoms. The lowest BCUT2D eigenvalue weighted by Crippen LogP contribution is -2.41. The van der Waals surface area contributed by atoms with Crippen molar-refractivity contribution in [2.45, 2.75) is 31.7 Å². The SMILES string of the molecule is COCCNC(=O)C1CCCC(N(C)C)CN(C)C(=O)C1. The minimum atomic E-state index is -0.224. The molecule has 0 saturated carbocycles. The number of nitrogens with zero attached hydrogens (tertiary/aromatic N) is 2. The van der Waals surface area contributed by atoms with Gasteiger partial charge >= 0.3 is 0 Å². The third-order valence-electron chi connectivity index (χ3n) is 4.13. The van der Waals surface area contributed by atoms with Gasteiger partial charge in [0, 0.05) is 45.6 Å². The number of hydrogen-bond donors (Lipinski definition) is 1. The molecule has 0 bridgehead atoms. The number of carbonyl (C=O) groups excluding carboxylic acids is 2. The molecule has 122 valence electrons. The lowest BCUT2D eigenvalue weighted by atomic mass is 9.96. The highest BCUT2D eigenvalue weighted by molar-refractivity contribution is 5.85. The fourth-order valence-corrected chi connectivity index (χ4v) is 2.64. The van der Waals surface area contributed by atoms with Gasteiger partial charge in [0.05, 0.1) is 6.61 Å². The summed E-state index contributed by atoms with van der Waals surface area (Å²) in [5.41, 5.74) is 0. The first-order valence-corrected chi connectivity index (χ1v) is 7.62. The van der Waals surface area contributed by atoms with Crippen LogP contribution in [0.3, 0.4) is 0 Å². The van der Waals surface area contributed by atoms with Crippen molar-refractivity contribution in [3.8, 4) is 0 Å². The zero-order chi connectivity index (χ0) is 15.8. The summed E-state index contributed by atoms with van der Waals surface area (Å²) in [5, 5.41) is 2.85. The van der Waals surface area contributed by atoms with Gasteiger partial charge in [0.15, 0.2) is 0 Å². The summed E-state index contributed by atoms with van der Waals surface area (Å²) < 4.78 is 4.93. The maximum absolute atomic E-state index is 12.2. The van der Waals surface area contributed by atoms with Crippen LogP contribution in [-0.2, 0) is 14.3 Å². The van der Waals surface area contributed by atoms with Crippen molar-refractivity contribution in [3.05, 3.63) is 0 Å². The summed E-state index contributed by atoms with van der Waals surface area (Å²) in [6, 6.07) is 0.356. The monoisotopic (exact) mass is 299 g/mol. The van der Waals surface area contributed by atoms with Crippen LogP contribution in [0.5, 0.6) is 0 Å². The molecule has 1 saturated heterocycles. The second-order valence-electron chi connectivity index (χ2n) is 6.01. The van der Waals surface area contributed by atoms with E-state index in [1.807, 2.05) is 21.1 Å². The molecular formula is C15H29N3O3. The largest absolute Gasteiger partial charge is 0.383 e. The molecule has 2 unspecified atom stereocenters. The highest BCUT2D eigenvalue weighted by Crippen LogP contribution is 2.20. The molecule has 0 aromatic carbocycles. The van der Waals surface area contributed by atoms with Crippen molar-refractivity contribution in [3.63, 3.8) is 0 Å². The Bertz CT molecular complexity index is 347. The molecule has 1 aliphatic heterocycles. The number of methoxy groups -OCH3 is 1. The van der Waals surface area contributed by atoms with E-state index in [0.29, 0.717) is 25.6 Å². The third-order valence-corrected chi connectivity index (χ3v) is 4.13. The molecular weight excluding hydrogens is 270 g/mol. The fourth-order valence-electron chi connectivity index (χ4n) is 2.64. The number of ether oxygens (including phenoxy) is 1. The van der Waals surface area contributed by atoms with E-state index in [9.17, 15) is 9.59 Å². The number of amides is 2. The van der Waals surface area contributed by atoms with E-state index >= 15 is 0 Å². The van der Waals surface area contributed by atoms with Crippen LogP contribution in [0.2, 0.25) is 0 Å². The van der Waals surface area contributed by atoms with Gasteiger partial charge in [-0.25, -0.2) is 0 Å². The lowest BCUT2D eigenvalue weighted by Gasteiger charge is -2.28. The molecule has 1 fully saturated rings. The van der Waals surface area contributed by atoms with Gasteiger partial charge in [0.1, 0.15) is 0 Å². The Morgan fingerprint density at radius 3 is 2.76 bits per heavy atom. The van der Waals surface area contributed by atoms with Crippen LogP contribution in [0, 0.1) is 5.92 Å². The van der Waals surface area contributed by atoms with Gasteiger partial charge < -0.3 is 19.9 Å². The summed E-state index contributed by atoms with van der Waals surface area (Å²) in [6.45, 7) is 1.72. The van der Waals surface area contributed by atoms with Crippen LogP contribution in [0.4, 0.5) is 0 Å². The van der Waals surface area contributed by atoms with Crippen LogP contribution in [0.1, 0.15) is 25.7 Å². The van der Waals surface area contributed by atoms with E-state index in [1.165, 1.54) is 0 Å². The highest BCUT2D eigenvalue weighted by Gasteiger charge is 2.27. The van der Waals surface area contributed by atoms with Crippen molar-refractivity contribution in [2.75, 3.05) is 47.9 Å². The maximum Gasteiger partial charge on any atom is 0.223 e. The molecule has 21 heavy (non-hydrogen) atoms. The van der Waals surface area contributed by atoms with E-state index in [4.69, 9.17) is 4.74 Å². The van der Waals surface area contributed by atoms with Crippen LogP contribution < -0.4 is 5.32 Å². The zero-order valence-electron chi connectivity index (χ0n) is 13.7. The van der Waals surface area contributed by atoms with E-state index in [2.05, 4.69) is 10.2 Å². The first-order chi connectivity index (χ1) is 9.95. The van der Waals surface area contributed by atoms with Crippen molar-refractivity contribution >= 4 is 11.8 Å². The number of likely N-dealkylation sites (N-methyl/N-ethyl adjacent to an activating group) is 2. The second-order valence-corrected chi connectivity index (χ2v) is 6.01. The predicted octanol–water partition coefficient (Wildman–Crippen LogP) is 0.328. The van der Waals surface area contributed by atoms with E-state index in [1.54, 1.807) is 12.0 Å². The van der Waals surface area contributed by atoms with Crippen molar-refractivity contribution in [1.29, 1.82) is 0 Å². The molecule has 0 radical (unpaired) electrons. The molecule has 1 heterocycles. The Balaban J connectivity index is 2.63. The molecule has 0 aromatic rings. The Labute approximate surface area is 127 Å². The van der Waals surface area contributed by atoms with Gasteiger partial charge in [-0.1, -0.05) is 6.42 Å². The predicted molar refractivity (Wildman–Crippen MR) is 82.0 cm³/mol. The molecule has 2 amide bonds. The van der Waals surface area contributed by atoms with E-state index in [0.717, 1.165) is 25.8 Å². The maximum atomic E-state index is 12.2. The van der Waals surface area contributed by atoms with Crippen molar-refractivity contribution in [1.82, 2.24) is 15.1 Å². The van der Waals surface area contributed by atoms with Crippen molar-refractivity contribution < 1.29 is 14.3 Å². The minimum Gasteiger partial charge on any atom is -0.383 e. The average Bonchev–Trinajstić information content (AvgIpc) is 2.50. The topological polar surface area (TPSA) is 61.9 Å². The Hall–Kier alpha value is -1.14. The summed E-state index contributed by atoms with van der Waals surface area (Å²) >= 11 is 0. The Kier molecular flexibility index (Phi) is 7.67. The quantitative estimate of drug-likeness (QED) is 0.743. The standard InChI is InChI=1S/C15H29N3O3/c1-17(2)13-7-5-6-12(10-14(19)18(3)11-13)15(20)16-8-9-21-4/h12-13H,5-11H2,1-4H3,(H,16,20). The number of hydrogen-bond acceptors (Lipinski definition) is 4. The number of rotatable bonds is 5. The van der Waals surface area contributed by atoms with Crippen LogP contribution in [0.25, 0.3) is 0 Å². The lowest BCUT2D eigenvalue weighted by molar-refractivity contribution is -0.135. The van der Waals surface area contributed by atoms with E-state index < -0.39 is 0 Å². The Morgan fingerprint density at radius 2 is 2.14 bits per heavy atom. The van der Waals surface area contributed by atoms with Gasteiger partial charge in [-0.2, -0.15) is 0 Å². The molecule has 1 rings (SSSR count). The van der Waals surface area contributed by atoms with E-state index in [-0.39, 0.29) is 17.7 Å². The van der Waals surface area contributed by atoms with Crippen LogP contribution in [0.15, 0.2) is 0 Å². The molecule has 2 atom stereocenters. The first-order valence-electron chi connectivity index (χ1n) is 7.62. The van der Waals surface area contributed by atoms with Crippen LogP contribution in [-0.4, -0.2) is 75.6 Å². The first kappa shape index (κ1) is 17.9. The highest BCUT2D eigenvalue weighted by atomic mass is 16.5. The van der Waals surface area contributed by atoms with Crippen molar-refractivity contribution in [2.24, 2.45) is 5.92 Å². The summed E-state index contributed by atoms with van der Waals surface area (Å²) in [6.07, 6.45) is 3.04. The van der Waals surface area contributed by atoms with Gasteiger partial charge in [-0.3, -0.25) is 9.59 Å². The second kappa shape index (κ2) is 9.00. The molecule has 0 spiro atoms. The van der Waals surface area contributed by atoms with Gasteiger partial charge in [-0.05, 0) is 26.9 Å². The van der Waals surface area contributed by atoms with Gasteiger partial charge in [-0.15, -0.1) is 0 Å². The molecule has 1 N–H and O–H groups in total. The molecule has 1 aliphatic rings. The third kappa shape index (κ3) is 6.01. The van der Waals surface area contributed by atoms with Gasteiger partial charge in [0.2, 0.25) is 11.8 Å². The van der Waals surface area contributed by atoms with Gasteiger partial charge in [0.25, 0.3) is 0 Å². The smallest absolute Gasteiger partial charge is 0.223 e. The molecule has 6 nitrogen and oxygen atoms in total. The summed E-state index contributed by atoms with van der Waals surface area (Å²) in [5.74, 6) is -0.203. The fraction of sp³-hybridized carbons (Fsp3) is 0.867. The average molecular weight is 299 g/mol. The summed E-state index contributed by atoms with van der Waals surface area (Å²) in [7, 11) is 7.50. The molecule has 0 aromatic heterocycles. The number of nitrogens with one attached hydrogen (secondary N) is 1. The summed E-state index contributed by atoms with van der Waals surface area (Å²) in [4.78, 5) is 28.3. The molecule has 0 aliphatic carbocycles. The normalized spacial score (nSPS) is 24.4. The zero-order valence-corrected chi connectivity index (χ0v) is 13.7.